The minimum Gasteiger partial charge on any atom is -0.395 e. The van der Waals surface area contributed by atoms with Gasteiger partial charge in [-0.15, -0.1) is 17.9 Å². The molecule has 1 aromatic heterocycles. The minimum atomic E-state index is -0.0134. The van der Waals surface area contributed by atoms with Gasteiger partial charge in [-0.05, 0) is 23.8 Å². The van der Waals surface area contributed by atoms with Crippen molar-refractivity contribution in [2.24, 2.45) is 0 Å². The van der Waals surface area contributed by atoms with Crippen LogP contribution in [0.25, 0.3) is 0 Å². The van der Waals surface area contributed by atoms with Crippen LogP contribution in [0.1, 0.15) is 20.1 Å². The second-order valence-electron chi connectivity index (χ2n) is 4.13. The summed E-state index contributed by atoms with van der Waals surface area (Å²) >= 11 is 3.52. The lowest BCUT2D eigenvalue weighted by molar-refractivity contribution is 0.0747. The lowest BCUT2D eigenvalue weighted by Gasteiger charge is -2.18. The van der Waals surface area contributed by atoms with Crippen molar-refractivity contribution in [3.63, 3.8) is 0 Å². The third-order valence-electron chi connectivity index (χ3n) is 2.85. The highest BCUT2D eigenvalue weighted by atomic mass is 32.2. The van der Waals surface area contributed by atoms with Crippen LogP contribution in [0.15, 0.2) is 18.7 Å². The van der Waals surface area contributed by atoms with Gasteiger partial charge in [-0.25, -0.2) is 0 Å². The standard InChI is InChI=1S/C13H17NO2S2/c1-2-4-14(5-6-15)13(16)12-8-10-9-17-7-3-11(10)18-12/h2,8,15H,1,3-7,9H2. The minimum absolute atomic E-state index is 0.00773. The zero-order valence-corrected chi connectivity index (χ0v) is 11.9. The van der Waals surface area contributed by atoms with Gasteiger partial charge in [-0.1, -0.05) is 6.08 Å². The Morgan fingerprint density at radius 2 is 2.44 bits per heavy atom. The van der Waals surface area contributed by atoms with E-state index in [1.807, 2.05) is 17.8 Å². The molecule has 0 saturated carbocycles. The summed E-state index contributed by atoms with van der Waals surface area (Å²) in [5, 5.41) is 8.99. The summed E-state index contributed by atoms with van der Waals surface area (Å²) in [4.78, 5) is 16.1. The van der Waals surface area contributed by atoms with Crippen LogP contribution in [-0.4, -0.2) is 41.4 Å². The second-order valence-corrected chi connectivity index (χ2v) is 6.37. The number of fused-ring (bicyclic) bond motifs is 1. The largest absolute Gasteiger partial charge is 0.395 e. The van der Waals surface area contributed by atoms with Crippen molar-refractivity contribution >= 4 is 29.0 Å². The molecule has 0 unspecified atom stereocenters. The molecule has 1 N–H and O–H groups in total. The topological polar surface area (TPSA) is 40.5 Å². The Labute approximate surface area is 115 Å². The lowest BCUT2D eigenvalue weighted by Crippen LogP contribution is -2.33. The van der Waals surface area contributed by atoms with Gasteiger partial charge in [0.1, 0.15) is 0 Å². The molecule has 2 heterocycles. The average molecular weight is 283 g/mol. The molecular formula is C13H17NO2S2. The van der Waals surface area contributed by atoms with Gasteiger partial charge in [0.2, 0.25) is 0 Å². The Bertz CT molecular complexity index is 419. The Balaban J connectivity index is 2.15. The van der Waals surface area contributed by atoms with Crippen molar-refractivity contribution in [2.75, 3.05) is 25.4 Å². The number of aliphatic hydroxyl groups excluding tert-OH is 1. The first-order valence-electron chi connectivity index (χ1n) is 5.96. The summed E-state index contributed by atoms with van der Waals surface area (Å²) in [5.74, 6) is 2.17. The van der Waals surface area contributed by atoms with E-state index in [-0.39, 0.29) is 12.5 Å². The average Bonchev–Trinajstić information content (AvgIpc) is 2.81. The maximum atomic E-state index is 12.3. The van der Waals surface area contributed by atoms with Crippen molar-refractivity contribution in [1.82, 2.24) is 4.90 Å². The van der Waals surface area contributed by atoms with Crippen LogP contribution in [0.3, 0.4) is 0 Å². The number of aryl methyl sites for hydroxylation is 1. The van der Waals surface area contributed by atoms with E-state index in [1.54, 1.807) is 22.3 Å². The van der Waals surface area contributed by atoms with Crippen LogP contribution in [-0.2, 0) is 12.2 Å². The quantitative estimate of drug-likeness (QED) is 0.842. The summed E-state index contributed by atoms with van der Waals surface area (Å²) in [6.45, 7) is 4.48. The second kappa shape index (κ2) is 6.41. The first-order valence-corrected chi connectivity index (χ1v) is 7.93. The Morgan fingerprint density at radius 3 is 3.11 bits per heavy atom. The summed E-state index contributed by atoms with van der Waals surface area (Å²) in [6, 6.07) is 2.02. The summed E-state index contributed by atoms with van der Waals surface area (Å²) < 4.78 is 0. The number of carbonyl (C=O) groups is 1. The molecule has 0 saturated heterocycles. The maximum absolute atomic E-state index is 12.3. The molecule has 0 bridgehead atoms. The summed E-state index contributed by atoms with van der Waals surface area (Å²) in [5.41, 5.74) is 1.31. The molecule has 1 amide bonds. The van der Waals surface area contributed by atoms with Gasteiger partial charge in [0, 0.05) is 23.7 Å². The number of hydrogen-bond donors (Lipinski definition) is 1. The third kappa shape index (κ3) is 2.96. The summed E-state index contributed by atoms with van der Waals surface area (Å²) in [7, 11) is 0. The van der Waals surface area contributed by atoms with Gasteiger partial charge in [-0.2, -0.15) is 11.8 Å². The number of thioether (sulfide) groups is 1. The van der Waals surface area contributed by atoms with Crippen LogP contribution < -0.4 is 0 Å². The van der Waals surface area contributed by atoms with E-state index in [2.05, 4.69) is 6.58 Å². The zero-order chi connectivity index (χ0) is 13.0. The molecule has 1 aromatic rings. The van der Waals surface area contributed by atoms with Crippen molar-refractivity contribution in [3.05, 3.63) is 34.0 Å². The van der Waals surface area contributed by atoms with E-state index in [1.165, 1.54) is 10.4 Å². The van der Waals surface area contributed by atoms with Gasteiger partial charge in [0.05, 0.1) is 11.5 Å². The molecule has 98 valence electrons. The van der Waals surface area contributed by atoms with Crippen molar-refractivity contribution in [2.45, 2.75) is 12.2 Å². The highest BCUT2D eigenvalue weighted by Gasteiger charge is 2.20. The molecule has 0 atom stereocenters. The van der Waals surface area contributed by atoms with Crippen LogP contribution in [0.4, 0.5) is 0 Å². The SMILES string of the molecule is C=CCN(CCO)C(=O)c1cc2c(s1)CCSC2. The van der Waals surface area contributed by atoms with E-state index in [0.717, 1.165) is 22.8 Å². The van der Waals surface area contributed by atoms with E-state index in [9.17, 15) is 4.79 Å². The number of rotatable bonds is 5. The first kappa shape index (κ1) is 13.6. The van der Waals surface area contributed by atoms with Crippen LogP contribution in [0.5, 0.6) is 0 Å². The molecule has 0 aliphatic carbocycles. The van der Waals surface area contributed by atoms with Gasteiger partial charge in [0.15, 0.2) is 0 Å². The number of thiophene rings is 1. The molecule has 0 radical (unpaired) electrons. The molecular weight excluding hydrogens is 266 g/mol. The smallest absolute Gasteiger partial charge is 0.264 e. The molecule has 0 aromatic carbocycles. The molecule has 2 rings (SSSR count). The number of amides is 1. The maximum Gasteiger partial charge on any atom is 0.264 e. The lowest BCUT2D eigenvalue weighted by atomic mass is 10.2. The molecule has 1 aliphatic heterocycles. The third-order valence-corrected chi connectivity index (χ3v) is 5.08. The predicted octanol–water partition coefficient (Wildman–Crippen LogP) is 2.16. The number of hydrogen-bond acceptors (Lipinski definition) is 4. The van der Waals surface area contributed by atoms with Crippen LogP contribution in [0, 0.1) is 0 Å². The van der Waals surface area contributed by atoms with Gasteiger partial charge in [0.25, 0.3) is 5.91 Å². The van der Waals surface area contributed by atoms with Crippen LogP contribution >= 0.6 is 23.1 Å². The van der Waals surface area contributed by atoms with E-state index < -0.39 is 0 Å². The monoisotopic (exact) mass is 283 g/mol. The highest BCUT2D eigenvalue weighted by molar-refractivity contribution is 7.98. The van der Waals surface area contributed by atoms with E-state index in [0.29, 0.717) is 13.1 Å². The fraction of sp³-hybridized carbons (Fsp3) is 0.462. The fourth-order valence-corrected chi connectivity index (χ4v) is 4.30. The Morgan fingerprint density at radius 1 is 1.61 bits per heavy atom. The predicted molar refractivity (Wildman–Crippen MR) is 77.4 cm³/mol. The molecule has 0 fully saturated rings. The molecule has 3 nitrogen and oxygen atoms in total. The number of carbonyl (C=O) groups excluding carboxylic acids is 1. The normalized spacial score (nSPS) is 14.1. The van der Waals surface area contributed by atoms with Crippen molar-refractivity contribution in [1.29, 1.82) is 0 Å². The van der Waals surface area contributed by atoms with Gasteiger partial charge >= 0.3 is 0 Å². The molecule has 0 spiro atoms. The number of nitrogens with zero attached hydrogens (tertiary/aromatic N) is 1. The van der Waals surface area contributed by atoms with Crippen molar-refractivity contribution in [3.8, 4) is 0 Å². The molecule has 18 heavy (non-hydrogen) atoms. The Hall–Kier alpha value is -0.780. The fourth-order valence-electron chi connectivity index (χ4n) is 1.96. The summed E-state index contributed by atoms with van der Waals surface area (Å²) in [6.07, 6.45) is 2.76. The molecule has 1 aliphatic rings. The number of aliphatic hydroxyl groups is 1. The zero-order valence-electron chi connectivity index (χ0n) is 10.2. The molecule has 5 heteroatoms. The van der Waals surface area contributed by atoms with E-state index in [4.69, 9.17) is 5.11 Å². The van der Waals surface area contributed by atoms with Gasteiger partial charge in [-0.3, -0.25) is 4.79 Å². The van der Waals surface area contributed by atoms with E-state index >= 15 is 0 Å². The van der Waals surface area contributed by atoms with Gasteiger partial charge < -0.3 is 10.0 Å². The first-order chi connectivity index (χ1) is 8.76. The van der Waals surface area contributed by atoms with Crippen LogP contribution in [0.2, 0.25) is 0 Å². The highest BCUT2D eigenvalue weighted by Crippen LogP contribution is 2.32. The Kier molecular flexibility index (Phi) is 4.86. The van der Waals surface area contributed by atoms with Crippen molar-refractivity contribution < 1.29 is 9.90 Å².